The molecule has 0 fully saturated rings. The largest absolute Gasteiger partial charge is 0.507 e. The quantitative estimate of drug-likeness (QED) is 0.729. The molecule has 0 atom stereocenters. The lowest BCUT2D eigenvalue weighted by Crippen LogP contribution is -2.13. The summed E-state index contributed by atoms with van der Waals surface area (Å²) in [6.45, 7) is 3.45. The first-order chi connectivity index (χ1) is 8.08. The summed E-state index contributed by atoms with van der Waals surface area (Å²) in [4.78, 5) is 15.8. The second-order valence-electron chi connectivity index (χ2n) is 3.67. The predicted octanol–water partition coefficient (Wildman–Crippen LogP) is 1.38. The maximum Gasteiger partial charge on any atom is 0.261 e. The first-order valence-corrected chi connectivity index (χ1v) is 5.07. The zero-order valence-electron chi connectivity index (χ0n) is 9.48. The van der Waals surface area contributed by atoms with E-state index in [0.29, 0.717) is 11.4 Å². The number of nitrogens with zero attached hydrogens (tertiary/aromatic N) is 2. The van der Waals surface area contributed by atoms with E-state index in [1.165, 1.54) is 6.07 Å². The molecule has 0 radical (unpaired) electrons. The Labute approximate surface area is 97.7 Å². The third-order valence-corrected chi connectivity index (χ3v) is 2.30. The van der Waals surface area contributed by atoms with Crippen molar-refractivity contribution in [3.8, 4) is 5.75 Å². The van der Waals surface area contributed by atoms with Gasteiger partial charge in [0.1, 0.15) is 11.6 Å². The molecule has 0 aliphatic carbocycles. The van der Waals surface area contributed by atoms with Gasteiger partial charge in [0.2, 0.25) is 5.95 Å². The van der Waals surface area contributed by atoms with Crippen molar-refractivity contribution in [3.05, 3.63) is 35.2 Å². The monoisotopic (exact) mass is 232 g/mol. The number of phenols is 1. The molecule has 1 heterocycles. The summed E-state index contributed by atoms with van der Waals surface area (Å²) in [5, 5.41) is 18.6. The van der Waals surface area contributed by atoms with Gasteiger partial charge in [-0.3, -0.25) is 15.2 Å². The van der Waals surface area contributed by atoms with Gasteiger partial charge < -0.3 is 5.11 Å². The van der Waals surface area contributed by atoms with Crippen molar-refractivity contribution >= 4 is 11.9 Å². The standard InChI is InChI=1S/C11H12N4O2/c1-6-4-3-5-8(9(6)16)10(17)13-11-12-7(2)14-15-11/h3-5,16H,1-2H3,(H2,12,13,14,15,17). The van der Waals surface area contributed by atoms with Gasteiger partial charge in [0, 0.05) is 0 Å². The zero-order chi connectivity index (χ0) is 12.4. The van der Waals surface area contributed by atoms with Crippen molar-refractivity contribution in [1.29, 1.82) is 0 Å². The fourth-order valence-corrected chi connectivity index (χ4v) is 1.41. The Bertz CT molecular complexity index is 562. The molecule has 0 spiro atoms. The molecule has 0 bridgehead atoms. The zero-order valence-corrected chi connectivity index (χ0v) is 9.48. The number of nitrogens with one attached hydrogen (secondary N) is 2. The van der Waals surface area contributed by atoms with Crippen LogP contribution in [0.3, 0.4) is 0 Å². The maximum atomic E-state index is 11.8. The van der Waals surface area contributed by atoms with Crippen LogP contribution in [0.4, 0.5) is 5.95 Å². The topological polar surface area (TPSA) is 90.9 Å². The number of aromatic amines is 1. The number of carbonyl (C=O) groups excluding carboxylic acids is 1. The Morgan fingerprint density at radius 3 is 2.82 bits per heavy atom. The lowest BCUT2D eigenvalue weighted by molar-refractivity contribution is 0.102. The van der Waals surface area contributed by atoms with E-state index in [9.17, 15) is 9.90 Å². The number of H-pyrrole nitrogens is 1. The highest BCUT2D eigenvalue weighted by molar-refractivity contribution is 6.05. The van der Waals surface area contributed by atoms with E-state index in [1.54, 1.807) is 26.0 Å². The molecule has 88 valence electrons. The molecular formula is C11H12N4O2. The molecule has 1 amide bonds. The molecule has 0 aliphatic rings. The maximum absolute atomic E-state index is 11.8. The number of aromatic hydroxyl groups is 1. The SMILES string of the molecule is Cc1nc(NC(=O)c2cccc(C)c2O)n[nH]1. The van der Waals surface area contributed by atoms with Crippen LogP contribution in [0.15, 0.2) is 18.2 Å². The van der Waals surface area contributed by atoms with Gasteiger partial charge in [0.15, 0.2) is 0 Å². The highest BCUT2D eigenvalue weighted by Gasteiger charge is 2.14. The van der Waals surface area contributed by atoms with E-state index in [-0.39, 0.29) is 17.3 Å². The molecule has 1 aromatic heterocycles. The number of rotatable bonds is 2. The highest BCUT2D eigenvalue weighted by atomic mass is 16.3. The molecule has 0 saturated heterocycles. The first kappa shape index (κ1) is 11.1. The van der Waals surface area contributed by atoms with Crippen LogP contribution >= 0.6 is 0 Å². The van der Waals surface area contributed by atoms with Crippen LogP contribution in [0.25, 0.3) is 0 Å². The summed E-state index contributed by atoms with van der Waals surface area (Å²) in [5.41, 5.74) is 0.844. The average molecular weight is 232 g/mol. The summed E-state index contributed by atoms with van der Waals surface area (Å²) in [5.74, 6) is 0.324. The molecule has 0 saturated carbocycles. The van der Waals surface area contributed by atoms with Crippen LogP contribution in [-0.4, -0.2) is 26.2 Å². The lowest BCUT2D eigenvalue weighted by atomic mass is 10.1. The Morgan fingerprint density at radius 1 is 1.41 bits per heavy atom. The number of carbonyl (C=O) groups is 1. The summed E-state index contributed by atoms with van der Waals surface area (Å²) < 4.78 is 0. The number of hydrogen-bond acceptors (Lipinski definition) is 4. The number of benzene rings is 1. The molecule has 6 nitrogen and oxygen atoms in total. The third kappa shape index (κ3) is 2.25. The molecule has 17 heavy (non-hydrogen) atoms. The van der Waals surface area contributed by atoms with Crippen LogP contribution in [0.1, 0.15) is 21.7 Å². The number of anilines is 1. The second kappa shape index (κ2) is 4.25. The van der Waals surface area contributed by atoms with E-state index in [4.69, 9.17) is 0 Å². The van der Waals surface area contributed by atoms with E-state index in [1.807, 2.05) is 0 Å². The molecule has 1 aromatic carbocycles. The van der Waals surface area contributed by atoms with Gasteiger partial charge in [-0.1, -0.05) is 12.1 Å². The van der Waals surface area contributed by atoms with Gasteiger partial charge in [-0.15, -0.1) is 5.10 Å². The van der Waals surface area contributed by atoms with Crippen molar-refractivity contribution in [2.75, 3.05) is 5.32 Å². The van der Waals surface area contributed by atoms with Gasteiger partial charge >= 0.3 is 0 Å². The smallest absolute Gasteiger partial charge is 0.261 e. The number of para-hydroxylation sites is 1. The fourth-order valence-electron chi connectivity index (χ4n) is 1.41. The van der Waals surface area contributed by atoms with E-state index in [0.717, 1.165) is 0 Å². The number of aryl methyl sites for hydroxylation is 2. The van der Waals surface area contributed by atoms with Crippen LogP contribution in [-0.2, 0) is 0 Å². The van der Waals surface area contributed by atoms with Crippen LogP contribution < -0.4 is 5.32 Å². The fraction of sp³-hybridized carbons (Fsp3) is 0.182. The van der Waals surface area contributed by atoms with E-state index >= 15 is 0 Å². The van der Waals surface area contributed by atoms with Gasteiger partial charge in [-0.2, -0.15) is 4.98 Å². The van der Waals surface area contributed by atoms with Crippen LogP contribution in [0, 0.1) is 13.8 Å². The summed E-state index contributed by atoms with van der Waals surface area (Å²) in [6.07, 6.45) is 0. The number of aromatic nitrogens is 3. The van der Waals surface area contributed by atoms with Crippen LogP contribution in [0.2, 0.25) is 0 Å². The highest BCUT2D eigenvalue weighted by Crippen LogP contribution is 2.21. The van der Waals surface area contributed by atoms with Gasteiger partial charge in [0.05, 0.1) is 5.56 Å². The Hall–Kier alpha value is -2.37. The van der Waals surface area contributed by atoms with Crippen LogP contribution in [0.5, 0.6) is 5.75 Å². The second-order valence-corrected chi connectivity index (χ2v) is 3.67. The molecule has 3 N–H and O–H groups in total. The van der Waals surface area contributed by atoms with Gasteiger partial charge in [-0.05, 0) is 25.5 Å². The van der Waals surface area contributed by atoms with Gasteiger partial charge in [-0.25, -0.2) is 0 Å². The van der Waals surface area contributed by atoms with Crippen molar-refractivity contribution in [1.82, 2.24) is 15.2 Å². The Kier molecular flexibility index (Phi) is 2.78. The molecule has 6 heteroatoms. The van der Waals surface area contributed by atoms with Crippen molar-refractivity contribution in [2.24, 2.45) is 0 Å². The van der Waals surface area contributed by atoms with Crippen molar-refractivity contribution < 1.29 is 9.90 Å². The lowest BCUT2D eigenvalue weighted by Gasteiger charge is -2.05. The Balaban J connectivity index is 2.23. The van der Waals surface area contributed by atoms with E-state index < -0.39 is 5.91 Å². The molecule has 2 rings (SSSR count). The van der Waals surface area contributed by atoms with Crippen molar-refractivity contribution in [2.45, 2.75) is 13.8 Å². The third-order valence-electron chi connectivity index (χ3n) is 2.30. The Morgan fingerprint density at radius 2 is 2.18 bits per heavy atom. The number of hydrogen-bond donors (Lipinski definition) is 3. The number of amides is 1. The summed E-state index contributed by atoms with van der Waals surface area (Å²) in [6, 6.07) is 4.97. The summed E-state index contributed by atoms with van der Waals surface area (Å²) in [7, 11) is 0. The molecule has 0 aliphatic heterocycles. The van der Waals surface area contributed by atoms with E-state index in [2.05, 4.69) is 20.5 Å². The minimum absolute atomic E-state index is 0.0303. The first-order valence-electron chi connectivity index (χ1n) is 5.07. The minimum atomic E-state index is -0.440. The normalized spacial score (nSPS) is 10.2. The minimum Gasteiger partial charge on any atom is -0.507 e. The average Bonchev–Trinajstić information content (AvgIpc) is 2.68. The number of phenolic OH excluding ortho intramolecular Hbond substituents is 1. The van der Waals surface area contributed by atoms with Gasteiger partial charge in [0.25, 0.3) is 5.91 Å². The molecular weight excluding hydrogens is 220 g/mol. The summed E-state index contributed by atoms with van der Waals surface area (Å²) >= 11 is 0. The van der Waals surface area contributed by atoms with Crippen molar-refractivity contribution in [3.63, 3.8) is 0 Å². The predicted molar refractivity (Wildman–Crippen MR) is 61.9 cm³/mol. The molecule has 2 aromatic rings. The molecule has 0 unspecified atom stereocenters.